The van der Waals surface area contributed by atoms with Gasteiger partial charge in [0, 0.05) is 11.1 Å². The number of rotatable bonds is 3. The lowest BCUT2D eigenvalue weighted by Gasteiger charge is -2.54. The SMILES string of the molecule is C=CCOC(=O)NC12CCC(N)(CC1)[C@@H](O)C2.Cl. The first kappa shape index (κ1) is 15.3. The second kappa shape index (κ2) is 5.47. The second-order valence-corrected chi connectivity index (χ2v) is 5.25. The van der Waals surface area contributed by atoms with Crippen LogP contribution in [0.5, 0.6) is 0 Å². The van der Waals surface area contributed by atoms with Gasteiger partial charge in [-0.3, -0.25) is 0 Å². The highest BCUT2D eigenvalue weighted by molar-refractivity contribution is 5.85. The Bertz CT molecular complexity index is 327. The van der Waals surface area contributed by atoms with Crippen molar-refractivity contribution in [3.8, 4) is 0 Å². The van der Waals surface area contributed by atoms with Gasteiger partial charge in [-0.25, -0.2) is 4.79 Å². The number of carbonyl (C=O) groups is 1. The van der Waals surface area contributed by atoms with Crippen LogP contribution in [0.25, 0.3) is 0 Å². The lowest BCUT2D eigenvalue weighted by molar-refractivity contribution is -0.0425. The molecule has 0 aromatic rings. The Morgan fingerprint density at radius 2 is 2.11 bits per heavy atom. The van der Waals surface area contributed by atoms with Crippen LogP contribution in [-0.2, 0) is 4.74 Å². The molecule has 0 aliphatic heterocycles. The van der Waals surface area contributed by atoms with Crippen molar-refractivity contribution in [1.29, 1.82) is 0 Å². The van der Waals surface area contributed by atoms with Gasteiger partial charge in [-0.1, -0.05) is 12.7 Å². The number of halogens is 1. The van der Waals surface area contributed by atoms with Gasteiger partial charge in [0.2, 0.25) is 0 Å². The predicted molar refractivity (Wildman–Crippen MR) is 70.7 cm³/mol. The van der Waals surface area contributed by atoms with E-state index in [0.29, 0.717) is 6.42 Å². The summed E-state index contributed by atoms with van der Waals surface area (Å²) >= 11 is 0. The minimum absolute atomic E-state index is 0. The van der Waals surface area contributed by atoms with E-state index in [1.807, 2.05) is 0 Å². The summed E-state index contributed by atoms with van der Waals surface area (Å²) in [4.78, 5) is 11.5. The molecule has 1 amide bonds. The molecule has 3 saturated carbocycles. The summed E-state index contributed by atoms with van der Waals surface area (Å²) in [6, 6.07) is 0. The number of hydrogen-bond acceptors (Lipinski definition) is 4. The highest BCUT2D eigenvalue weighted by Crippen LogP contribution is 2.45. The topological polar surface area (TPSA) is 84.6 Å². The zero-order chi connectivity index (χ0) is 12.5. The predicted octanol–water partition coefficient (Wildman–Crippen LogP) is 1.10. The summed E-state index contributed by atoms with van der Waals surface area (Å²) in [6.07, 6.45) is 4.18. The van der Waals surface area contributed by atoms with Crippen LogP contribution in [0.15, 0.2) is 12.7 Å². The molecular weight excluding hydrogens is 256 g/mol. The van der Waals surface area contributed by atoms with Crippen molar-refractivity contribution in [3.63, 3.8) is 0 Å². The molecule has 3 aliphatic rings. The minimum Gasteiger partial charge on any atom is -0.445 e. The van der Waals surface area contributed by atoms with E-state index in [2.05, 4.69) is 11.9 Å². The van der Waals surface area contributed by atoms with Gasteiger partial charge in [-0.15, -0.1) is 12.4 Å². The zero-order valence-electron chi connectivity index (χ0n) is 10.4. The van der Waals surface area contributed by atoms with Gasteiger partial charge in [0.15, 0.2) is 0 Å². The first-order valence-electron chi connectivity index (χ1n) is 6.02. The molecular formula is C12H21ClN2O3. The third-order valence-electron chi connectivity index (χ3n) is 4.09. The van der Waals surface area contributed by atoms with Crippen LogP contribution in [0.1, 0.15) is 32.1 Å². The van der Waals surface area contributed by atoms with Gasteiger partial charge >= 0.3 is 6.09 Å². The molecule has 0 radical (unpaired) electrons. The van der Waals surface area contributed by atoms with Crippen LogP contribution in [0.4, 0.5) is 4.79 Å². The van der Waals surface area contributed by atoms with Crippen LogP contribution in [0.3, 0.4) is 0 Å². The molecule has 3 rings (SSSR count). The largest absolute Gasteiger partial charge is 0.445 e. The lowest BCUT2D eigenvalue weighted by atomic mass is 9.60. The fourth-order valence-electron chi connectivity index (χ4n) is 2.87. The van der Waals surface area contributed by atoms with Gasteiger partial charge in [0.05, 0.1) is 6.10 Å². The number of fused-ring (bicyclic) bond motifs is 3. The van der Waals surface area contributed by atoms with Crippen molar-refractivity contribution in [2.45, 2.75) is 49.3 Å². The molecule has 0 unspecified atom stereocenters. The normalized spacial score (nSPS) is 37.6. The van der Waals surface area contributed by atoms with E-state index in [1.165, 1.54) is 6.08 Å². The molecule has 2 bridgehead atoms. The van der Waals surface area contributed by atoms with Crippen LogP contribution in [0, 0.1) is 0 Å². The molecule has 0 heterocycles. The molecule has 0 spiro atoms. The van der Waals surface area contributed by atoms with Crippen molar-refractivity contribution < 1.29 is 14.6 Å². The van der Waals surface area contributed by atoms with Gasteiger partial charge in [-0.2, -0.15) is 0 Å². The average molecular weight is 277 g/mol. The number of hydrogen-bond donors (Lipinski definition) is 3. The standard InChI is InChI=1S/C12H20N2O3.ClH/c1-2-7-17-10(16)14-11-3-5-12(13,6-4-11)9(15)8-11;/h2,9,15H,1,3-8,13H2,(H,14,16);1H/t9-,11?,12?;/m0./s1. The van der Waals surface area contributed by atoms with E-state index in [1.54, 1.807) is 0 Å². The summed E-state index contributed by atoms with van der Waals surface area (Å²) in [5.74, 6) is 0. The van der Waals surface area contributed by atoms with Crippen molar-refractivity contribution >= 4 is 18.5 Å². The van der Waals surface area contributed by atoms with Crippen LogP contribution in [-0.4, -0.2) is 35.0 Å². The van der Waals surface area contributed by atoms with Crippen molar-refractivity contribution in [1.82, 2.24) is 5.32 Å². The van der Waals surface area contributed by atoms with Crippen molar-refractivity contribution in [3.05, 3.63) is 12.7 Å². The molecule has 6 heteroatoms. The number of aliphatic hydroxyl groups excluding tert-OH is 1. The Balaban J connectivity index is 0.00000162. The maximum atomic E-state index is 11.5. The third-order valence-corrected chi connectivity index (χ3v) is 4.09. The Labute approximate surface area is 113 Å². The molecule has 3 fully saturated rings. The Kier molecular flexibility index (Phi) is 4.64. The first-order valence-corrected chi connectivity index (χ1v) is 6.02. The summed E-state index contributed by atoms with van der Waals surface area (Å²) in [7, 11) is 0. The van der Waals surface area contributed by atoms with E-state index >= 15 is 0 Å². The van der Waals surface area contributed by atoms with E-state index < -0.39 is 17.7 Å². The quantitative estimate of drug-likeness (QED) is 0.674. The van der Waals surface area contributed by atoms with Gasteiger partial charge < -0.3 is 20.9 Å². The molecule has 4 N–H and O–H groups in total. The van der Waals surface area contributed by atoms with E-state index in [9.17, 15) is 9.90 Å². The van der Waals surface area contributed by atoms with E-state index in [4.69, 9.17) is 10.5 Å². The summed E-state index contributed by atoms with van der Waals surface area (Å²) in [6.45, 7) is 3.68. The fraction of sp³-hybridized carbons (Fsp3) is 0.750. The molecule has 0 aromatic heterocycles. The Morgan fingerprint density at radius 1 is 1.50 bits per heavy atom. The summed E-state index contributed by atoms with van der Waals surface area (Å²) in [5.41, 5.74) is 5.32. The van der Waals surface area contributed by atoms with Gasteiger partial charge in [0.1, 0.15) is 6.61 Å². The highest BCUT2D eigenvalue weighted by Gasteiger charge is 2.52. The average Bonchev–Trinajstić information content (AvgIpc) is 2.29. The maximum Gasteiger partial charge on any atom is 0.407 e. The van der Waals surface area contributed by atoms with E-state index in [0.717, 1.165) is 25.7 Å². The Morgan fingerprint density at radius 3 is 2.61 bits per heavy atom. The molecule has 18 heavy (non-hydrogen) atoms. The third kappa shape index (κ3) is 2.79. The van der Waals surface area contributed by atoms with Crippen LogP contribution < -0.4 is 11.1 Å². The van der Waals surface area contributed by atoms with E-state index in [-0.39, 0.29) is 24.6 Å². The summed E-state index contributed by atoms with van der Waals surface area (Å²) in [5, 5.41) is 12.9. The van der Waals surface area contributed by atoms with Crippen molar-refractivity contribution in [2.75, 3.05) is 6.61 Å². The monoisotopic (exact) mass is 276 g/mol. The number of aliphatic hydroxyl groups is 1. The maximum absolute atomic E-state index is 11.5. The summed E-state index contributed by atoms with van der Waals surface area (Å²) < 4.78 is 4.92. The van der Waals surface area contributed by atoms with Gasteiger partial charge in [0.25, 0.3) is 0 Å². The smallest absolute Gasteiger partial charge is 0.407 e. The zero-order valence-corrected chi connectivity index (χ0v) is 11.2. The number of amides is 1. The van der Waals surface area contributed by atoms with Crippen LogP contribution in [0.2, 0.25) is 0 Å². The number of carbonyl (C=O) groups excluding carboxylic acids is 1. The molecule has 0 aromatic carbocycles. The van der Waals surface area contributed by atoms with Crippen molar-refractivity contribution in [2.24, 2.45) is 5.73 Å². The number of nitrogens with two attached hydrogens (primary N) is 1. The minimum atomic E-state index is -0.537. The molecule has 1 atom stereocenters. The second-order valence-electron chi connectivity index (χ2n) is 5.25. The lowest BCUT2D eigenvalue weighted by Crippen LogP contribution is -2.68. The molecule has 3 aliphatic carbocycles. The first-order chi connectivity index (χ1) is 8.00. The van der Waals surface area contributed by atoms with Crippen LogP contribution >= 0.6 is 12.4 Å². The molecule has 0 saturated heterocycles. The number of alkyl carbamates (subject to hydrolysis) is 1. The highest BCUT2D eigenvalue weighted by atomic mass is 35.5. The Hall–Kier alpha value is -0.780. The fourth-order valence-corrected chi connectivity index (χ4v) is 2.87. The molecule has 5 nitrogen and oxygen atoms in total. The van der Waals surface area contributed by atoms with Gasteiger partial charge in [-0.05, 0) is 32.1 Å². The molecule has 104 valence electrons. The number of nitrogens with one attached hydrogen (secondary N) is 1. The number of ether oxygens (including phenoxy) is 1.